The molecule has 27 heavy (non-hydrogen) atoms. The fourth-order valence-electron chi connectivity index (χ4n) is 3.15. The van der Waals surface area contributed by atoms with E-state index in [1.165, 1.54) is 0 Å². The maximum absolute atomic E-state index is 12.7. The number of carbonyl (C=O) groups excluding carboxylic acids is 1. The lowest BCUT2D eigenvalue weighted by molar-refractivity contribution is -0.141. The monoisotopic (exact) mass is 380 g/mol. The van der Waals surface area contributed by atoms with Crippen LogP contribution in [-0.2, 0) is 6.18 Å². The summed E-state index contributed by atoms with van der Waals surface area (Å²) in [6.45, 7) is 3.91. The van der Waals surface area contributed by atoms with Crippen LogP contribution in [0.5, 0.6) is 5.75 Å². The van der Waals surface area contributed by atoms with E-state index in [-0.39, 0.29) is 11.7 Å². The molecule has 1 aliphatic heterocycles. The van der Waals surface area contributed by atoms with Crippen LogP contribution < -0.4 is 15.6 Å². The Kier molecular flexibility index (Phi) is 4.99. The number of halogens is 3. The van der Waals surface area contributed by atoms with Crippen LogP contribution in [0.25, 0.3) is 0 Å². The molecule has 1 amide bonds. The first-order chi connectivity index (χ1) is 12.7. The van der Waals surface area contributed by atoms with Gasteiger partial charge < -0.3 is 15.0 Å². The third-order valence-electron chi connectivity index (χ3n) is 4.47. The highest BCUT2D eigenvalue weighted by molar-refractivity contribution is 5.94. The van der Waals surface area contributed by atoms with E-state index < -0.39 is 29.4 Å². The number of H-pyrrole nitrogens is 1. The number of aromatic nitrogens is 1. The molecule has 2 N–H and O–H groups in total. The molecule has 1 aliphatic rings. The van der Waals surface area contributed by atoms with Crippen molar-refractivity contribution in [1.82, 2.24) is 10.3 Å². The van der Waals surface area contributed by atoms with Crippen molar-refractivity contribution < 1.29 is 22.7 Å². The molecule has 0 aliphatic carbocycles. The zero-order chi connectivity index (χ0) is 19.8. The lowest BCUT2D eigenvalue weighted by Gasteiger charge is -2.20. The Bertz CT molecular complexity index is 921. The molecule has 0 saturated heterocycles. The number of fused-ring (bicyclic) bond motifs is 1. The van der Waals surface area contributed by atoms with Crippen LogP contribution in [0.1, 0.15) is 53.0 Å². The molecule has 1 unspecified atom stereocenters. The first-order valence-corrected chi connectivity index (χ1v) is 8.59. The molecule has 1 aromatic heterocycles. The molecule has 2 aromatic rings. The van der Waals surface area contributed by atoms with Crippen molar-refractivity contribution in [3.63, 3.8) is 0 Å². The molecule has 0 spiro atoms. The molecule has 2 atom stereocenters. The number of amides is 1. The SMILES string of the molecule is CCC[C@H]1Oc2cc(C)ccc2C1NC(=O)c1ccc(C(F)(F)F)[nH]c1=O. The number of hydrogen-bond acceptors (Lipinski definition) is 3. The molecule has 2 heterocycles. The summed E-state index contributed by atoms with van der Waals surface area (Å²) in [5.74, 6) is -0.0758. The van der Waals surface area contributed by atoms with E-state index in [0.29, 0.717) is 18.2 Å². The summed E-state index contributed by atoms with van der Waals surface area (Å²) in [5.41, 5.74) is -0.861. The third-order valence-corrected chi connectivity index (χ3v) is 4.47. The Hall–Kier alpha value is -2.77. The number of carbonyl (C=O) groups is 1. The molecular formula is C19H19F3N2O3. The zero-order valence-electron chi connectivity index (χ0n) is 14.8. The van der Waals surface area contributed by atoms with E-state index in [2.05, 4.69) is 5.32 Å². The number of alkyl halides is 3. The second-order valence-corrected chi connectivity index (χ2v) is 6.55. The highest BCUT2D eigenvalue weighted by Gasteiger charge is 2.36. The average Bonchev–Trinajstić information content (AvgIpc) is 2.90. The van der Waals surface area contributed by atoms with Crippen molar-refractivity contribution >= 4 is 5.91 Å². The van der Waals surface area contributed by atoms with Gasteiger partial charge in [0.1, 0.15) is 23.1 Å². The number of benzene rings is 1. The number of ether oxygens (including phenoxy) is 1. The van der Waals surface area contributed by atoms with E-state index in [4.69, 9.17) is 4.74 Å². The lowest BCUT2D eigenvalue weighted by Crippen LogP contribution is -2.38. The van der Waals surface area contributed by atoms with Crippen molar-refractivity contribution in [2.24, 2.45) is 0 Å². The molecule has 0 fully saturated rings. The largest absolute Gasteiger partial charge is 0.488 e. The van der Waals surface area contributed by atoms with Gasteiger partial charge in [-0.25, -0.2) is 0 Å². The Morgan fingerprint density at radius 1 is 1.26 bits per heavy atom. The first-order valence-electron chi connectivity index (χ1n) is 8.59. The summed E-state index contributed by atoms with van der Waals surface area (Å²) in [4.78, 5) is 26.2. The summed E-state index contributed by atoms with van der Waals surface area (Å²) in [6, 6.07) is 6.70. The van der Waals surface area contributed by atoms with E-state index in [1.807, 2.05) is 32.0 Å². The van der Waals surface area contributed by atoms with Gasteiger partial charge in [0.25, 0.3) is 11.5 Å². The van der Waals surface area contributed by atoms with E-state index >= 15 is 0 Å². The predicted molar refractivity (Wildman–Crippen MR) is 92.8 cm³/mol. The van der Waals surface area contributed by atoms with Gasteiger partial charge in [0.2, 0.25) is 0 Å². The number of hydrogen-bond donors (Lipinski definition) is 2. The maximum Gasteiger partial charge on any atom is 0.431 e. The molecular weight excluding hydrogens is 361 g/mol. The number of aryl methyl sites for hydroxylation is 1. The topological polar surface area (TPSA) is 71.2 Å². The van der Waals surface area contributed by atoms with Gasteiger partial charge in [-0.2, -0.15) is 13.2 Å². The quantitative estimate of drug-likeness (QED) is 0.849. The normalized spacial score (nSPS) is 18.7. The summed E-state index contributed by atoms with van der Waals surface area (Å²) in [7, 11) is 0. The van der Waals surface area contributed by atoms with Crippen molar-refractivity contribution in [3.05, 3.63) is 63.1 Å². The van der Waals surface area contributed by atoms with Gasteiger partial charge in [-0.15, -0.1) is 0 Å². The minimum Gasteiger partial charge on any atom is -0.488 e. The summed E-state index contributed by atoms with van der Waals surface area (Å²) >= 11 is 0. The fourth-order valence-corrected chi connectivity index (χ4v) is 3.15. The standard InChI is InChI=1S/C19H19F3N2O3/c1-3-4-13-16(11-6-5-10(2)9-14(11)27-13)24-18(26)12-7-8-15(19(20,21)22)23-17(12)25/h5-9,13,16H,3-4H2,1-2H3,(H,23,25)(H,24,26)/t13-,16?/m1/s1. The molecule has 5 nitrogen and oxygen atoms in total. The van der Waals surface area contributed by atoms with Gasteiger partial charge in [0, 0.05) is 5.56 Å². The molecule has 1 aromatic carbocycles. The summed E-state index contributed by atoms with van der Waals surface area (Å²) in [6.07, 6.45) is -3.48. The van der Waals surface area contributed by atoms with Gasteiger partial charge in [0.15, 0.2) is 0 Å². The van der Waals surface area contributed by atoms with Gasteiger partial charge in [-0.05, 0) is 37.1 Å². The molecule has 0 saturated carbocycles. The van der Waals surface area contributed by atoms with Crippen LogP contribution in [-0.4, -0.2) is 17.0 Å². The van der Waals surface area contributed by atoms with Crippen molar-refractivity contribution in [2.45, 2.75) is 45.0 Å². The molecule has 8 heteroatoms. The maximum atomic E-state index is 12.7. The van der Waals surface area contributed by atoms with Crippen LogP contribution in [0.2, 0.25) is 0 Å². The second kappa shape index (κ2) is 7.09. The Morgan fingerprint density at radius 2 is 2.00 bits per heavy atom. The highest BCUT2D eigenvalue weighted by atomic mass is 19.4. The smallest absolute Gasteiger partial charge is 0.431 e. The average molecular weight is 380 g/mol. The van der Waals surface area contributed by atoms with Crippen molar-refractivity contribution in [1.29, 1.82) is 0 Å². The molecule has 3 rings (SSSR count). The highest BCUT2D eigenvalue weighted by Crippen LogP contribution is 2.39. The van der Waals surface area contributed by atoms with Crippen molar-refractivity contribution in [2.75, 3.05) is 0 Å². The third kappa shape index (κ3) is 3.84. The van der Waals surface area contributed by atoms with E-state index in [9.17, 15) is 22.8 Å². The van der Waals surface area contributed by atoms with Crippen LogP contribution >= 0.6 is 0 Å². The van der Waals surface area contributed by atoms with Crippen LogP contribution in [0.3, 0.4) is 0 Å². The molecule has 0 bridgehead atoms. The Labute approximate surface area is 153 Å². The van der Waals surface area contributed by atoms with E-state index in [0.717, 1.165) is 23.6 Å². The van der Waals surface area contributed by atoms with Gasteiger partial charge in [0.05, 0.1) is 6.04 Å². The number of nitrogens with one attached hydrogen (secondary N) is 2. The number of rotatable bonds is 4. The Morgan fingerprint density at radius 3 is 2.63 bits per heavy atom. The zero-order valence-corrected chi connectivity index (χ0v) is 14.8. The summed E-state index contributed by atoms with van der Waals surface area (Å²) in [5, 5.41) is 2.74. The second-order valence-electron chi connectivity index (χ2n) is 6.55. The van der Waals surface area contributed by atoms with Gasteiger partial charge in [-0.1, -0.05) is 25.5 Å². The Balaban J connectivity index is 1.87. The number of aromatic amines is 1. The van der Waals surface area contributed by atoms with Gasteiger partial charge in [-0.3, -0.25) is 9.59 Å². The first kappa shape index (κ1) is 19.0. The summed E-state index contributed by atoms with van der Waals surface area (Å²) < 4.78 is 43.9. The van der Waals surface area contributed by atoms with Crippen molar-refractivity contribution in [3.8, 4) is 5.75 Å². The van der Waals surface area contributed by atoms with Crippen LogP contribution in [0.15, 0.2) is 35.1 Å². The lowest BCUT2D eigenvalue weighted by atomic mass is 9.99. The van der Waals surface area contributed by atoms with Gasteiger partial charge >= 0.3 is 6.18 Å². The minimum absolute atomic E-state index is 0.302. The predicted octanol–water partition coefficient (Wildman–Crippen LogP) is 3.73. The van der Waals surface area contributed by atoms with Crippen LogP contribution in [0.4, 0.5) is 13.2 Å². The fraction of sp³-hybridized carbons (Fsp3) is 0.368. The van der Waals surface area contributed by atoms with Crippen LogP contribution in [0, 0.1) is 6.92 Å². The molecule has 0 radical (unpaired) electrons. The molecule has 144 valence electrons. The minimum atomic E-state index is -4.68. The van der Waals surface area contributed by atoms with E-state index in [1.54, 1.807) is 4.98 Å². The number of pyridine rings is 1.